The number of benzene rings is 5. The summed E-state index contributed by atoms with van der Waals surface area (Å²) >= 11 is 0. The fourth-order valence-corrected chi connectivity index (χ4v) is 4.87. The minimum atomic E-state index is -1.15. The average Bonchev–Trinajstić information content (AvgIpc) is 2.97. The van der Waals surface area contributed by atoms with Gasteiger partial charge in [0, 0.05) is 22.1 Å². The zero-order chi connectivity index (χ0) is 27.0. The Morgan fingerprint density at radius 3 is 1.41 bits per heavy atom. The van der Waals surface area contributed by atoms with Crippen molar-refractivity contribution in [1.29, 1.82) is 0 Å². The Bertz CT molecular complexity index is 1720. The fraction of sp³-hybridized carbons (Fsp3) is 0.0882. The second-order valence-corrected chi connectivity index (χ2v) is 10.0. The molecule has 1 heterocycles. The maximum absolute atomic E-state index is 11.0. The van der Waals surface area contributed by atoms with Gasteiger partial charge in [-0.15, -0.1) is 0 Å². The zero-order valence-corrected chi connectivity index (χ0v) is 21.7. The first-order valence-corrected chi connectivity index (χ1v) is 12.8. The van der Waals surface area contributed by atoms with Gasteiger partial charge < -0.3 is 10.2 Å². The number of phenolic OH excluding ortho intramolecular Hbond substituents is 1. The van der Waals surface area contributed by atoms with Gasteiger partial charge in [0.2, 0.25) is 0 Å². The predicted molar refractivity (Wildman–Crippen MR) is 156 cm³/mol. The molecule has 0 aliphatic rings. The molecule has 0 aliphatic carbocycles. The monoisotopic (exact) mass is 509 g/mol. The van der Waals surface area contributed by atoms with E-state index < -0.39 is 5.60 Å². The lowest BCUT2D eigenvalue weighted by molar-refractivity contribution is 0.0791. The third kappa shape index (κ3) is 4.76. The molecule has 1 aromatic heterocycles. The van der Waals surface area contributed by atoms with E-state index in [2.05, 4.69) is 0 Å². The molecular weight excluding hydrogens is 482 g/mol. The van der Waals surface area contributed by atoms with Crippen LogP contribution in [0.2, 0.25) is 0 Å². The number of rotatable bonds is 5. The summed E-state index contributed by atoms with van der Waals surface area (Å²) in [6.07, 6.45) is 0. The molecule has 0 amide bonds. The van der Waals surface area contributed by atoms with Crippen LogP contribution in [0.25, 0.3) is 56.1 Å². The number of fused-ring (bicyclic) bond motifs is 1. The third-order valence-corrected chi connectivity index (χ3v) is 6.81. The Kier molecular flexibility index (Phi) is 6.14. The minimum absolute atomic E-state index is 0.148. The van der Waals surface area contributed by atoms with E-state index in [1.807, 2.05) is 109 Å². The molecule has 0 saturated carbocycles. The molecule has 190 valence electrons. The van der Waals surface area contributed by atoms with Crippen LogP contribution in [-0.2, 0) is 5.60 Å². The molecule has 0 spiro atoms. The first kappa shape index (κ1) is 24.5. The standard InChI is InChI=1S/C34H27N3O2/c1-34(2,39)28-21-29(38)26-15-9-10-16-27(26)30(28)22-17-19-25(20-18-22)33-36-31(23-11-5-3-6-12-23)35-32(37-33)24-13-7-4-8-14-24/h3-21,38-39H,1-2H3. The maximum Gasteiger partial charge on any atom is 0.164 e. The molecule has 6 aromatic rings. The molecule has 0 radical (unpaired) electrons. The number of aliphatic hydroxyl groups is 1. The van der Waals surface area contributed by atoms with Crippen LogP contribution in [0.1, 0.15) is 19.4 Å². The Morgan fingerprint density at radius 1 is 0.513 bits per heavy atom. The second-order valence-electron chi connectivity index (χ2n) is 10.0. The number of phenols is 1. The lowest BCUT2D eigenvalue weighted by Gasteiger charge is -2.24. The smallest absolute Gasteiger partial charge is 0.164 e. The lowest BCUT2D eigenvalue weighted by atomic mass is 9.85. The van der Waals surface area contributed by atoms with Crippen LogP contribution in [0, 0.1) is 0 Å². The minimum Gasteiger partial charge on any atom is -0.507 e. The Morgan fingerprint density at radius 2 is 0.923 bits per heavy atom. The molecule has 39 heavy (non-hydrogen) atoms. The van der Waals surface area contributed by atoms with E-state index in [9.17, 15) is 10.2 Å². The van der Waals surface area contributed by atoms with E-state index in [0.29, 0.717) is 23.0 Å². The summed E-state index contributed by atoms with van der Waals surface area (Å²) in [4.78, 5) is 14.4. The predicted octanol–water partition coefficient (Wildman–Crippen LogP) is 7.63. The Labute approximate surface area is 227 Å². The van der Waals surface area contributed by atoms with Crippen molar-refractivity contribution in [1.82, 2.24) is 15.0 Å². The van der Waals surface area contributed by atoms with E-state index in [4.69, 9.17) is 15.0 Å². The molecule has 0 unspecified atom stereocenters. The van der Waals surface area contributed by atoms with Crippen molar-refractivity contribution in [2.75, 3.05) is 0 Å². The molecule has 5 nitrogen and oxygen atoms in total. The van der Waals surface area contributed by atoms with Crippen molar-refractivity contribution in [3.05, 3.63) is 121 Å². The van der Waals surface area contributed by atoms with Gasteiger partial charge in [-0.2, -0.15) is 0 Å². The number of nitrogens with zero attached hydrogens (tertiary/aromatic N) is 3. The van der Waals surface area contributed by atoms with Gasteiger partial charge in [0.25, 0.3) is 0 Å². The largest absolute Gasteiger partial charge is 0.507 e. The quantitative estimate of drug-likeness (QED) is 0.250. The van der Waals surface area contributed by atoms with Crippen molar-refractivity contribution in [3.8, 4) is 51.0 Å². The van der Waals surface area contributed by atoms with Crippen LogP contribution in [-0.4, -0.2) is 25.2 Å². The molecule has 2 N–H and O–H groups in total. The first-order chi connectivity index (χ1) is 18.9. The van der Waals surface area contributed by atoms with E-state index in [1.54, 1.807) is 19.9 Å². The molecule has 0 atom stereocenters. The molecule has 5 aromatic carbocycles. The Balaban J connectivity index is 1.50. The van der Waals surface area contributed by atoms with Crippen LogP contribution in [0.15, 0.2) is 115 Å². The molecule has 5 heteroatoms. The summed E-state index contributed by atoms with van der Waals surface area (Å²) in [5, 5.41) is 23.3. The number of hydrogen-bond acceptors (Lipinski definition) is 5. The van der Waals surface area contributed by atoms with E-state index in [0.717, 1.165) is 38.6 Å². The van der Waals surface area contributed by atoms with Gasteiger partial charge in [-0.3, -0.25) is 0 Å². The highest BCUT2D eigenvalue weighted by Crippen LogP contribution is 2.42. The molecule has 0 fully saturated rings. The number of hydrogen-bond donors (Lipinski definition) is 2. The molecule has 6 rings (SSSR count). The van der Waals surface area contributed by atoms with Crippen LogP contribution in [0.4, 0.5) is 0 Å². The van der Waals surface area contributed by atoms with Gasteiger partial charge in [-0.1, -0.05) is 109 Å². The topological polar surface area (TPSA) is 79.1 Å². The summed E-state index contributed by atoms with van der Waals surface area (Å²) in [6, 6.07) is 37.1. The SMILES string of the molecule is CC(C)(O)c1cc(O)c2ccccc2c1-c1ccc(-c2nc(-c3ccccc3)nc(-c3ccccc3)n2)cc1. The second kappa shape index (κ2) is 9.78. The summed E-state index contributed by atoms with van der Waals surface area (Å²) in [6.45, 7) is 3.46. The average molecular weight is 510 g/mol. The number of aromatic nitrogens is 3. The number of aromatic hydroxyl groups is 1. The van der Waals surface area contributed by atoms with Crippen molar-refractivity contribution >= 4 is 10.8 Å². The highest BCUT2D eigenvalue weighted by Gasteiger charge is 2.24. The van der Waals surface area contributed by atoms with Crippen LogP contribution >= 0.6 is 0 Å². The van der Waals surface area contributed by atoms with Gasteiger partial charge in [0.05, 0.1) is 5.60 Å². The van der Waals surface area contributed by atoms with Crippen molar-refractivity contribution in [3.63, 3.8) is 0 Å². The third-order valence-electron chi connectivity index (χ3n) is 6.81. The van der Waals surface area contributed by atoms with Gasteiger partial charge in [0.15, 0.2) is 17.5 Å². The zero-order valence-electron chi connectivity index (χ0n) is 21.7. The first-order valence-electron chi connectivity index (χ1n) is 12.8. The van der Waals surface area contributed by atoms with E-state index >= 15 is 0 Å². The van der Waals surface area contributed by atoms with Crippen LogP contribution in [0.3, 0.4) is 0 Å². The highest BCUT2D eigenvalue weighted by atomic mass is 16.3. The highest BCUT2D eigenvalue weighted by molar-refractivity contribution is 6.02. The molecule has 0 bridgehead atoms. The van der Waals surface area contributed by atoms with Crippen molar-refractivity contribution in [2.24, 2.45) is 0 Å². The lowest BCUT2D eigenvalue weighted by Crippen LogP contribution is -2.17. The summed E-state index contributed by atoms with van der Waals surface area (Å²) in [5.74, 6) is 1.94. The maximum atomic E-state index is 11.0. The summed E-state index contributed by atoms with van der Waals surface area (Å²) < 4.78 is 0. The van der Waals surface area contributed by atoms with Gasteiger partial charge in [-0.05, 0) is 42.0 Å². The van der Waals surface area contributed by atoms with E-state index in [1.165, 1.54) is 0 Å². The van der Waals surface area contributed by atoms with Crippen molar-refractivity contribution < 1.29 is 10.2 Å². The van der Waals surface area contributed by atoms with Gasteiger partial charge >= 0.3 is 0 Å². The normalized spacial score (nSPS) is 11.6. The van der Waals surface area contributed by atoms with Gasteiger partial charge in [-0.25, -0.2) is 15.0 Å². The van der Waals surface area contributed by atoms with Gasteiger partial charge in [0.1, 0.15) is 5.75 Å². The summed E-state index contributed by atoms with van der Waals surface area (Å²) in [5.41, 5.74) is 3.99. The fourth-order valence-electron chi connectivity index (χ4n) is 4.87. The molecule has 0 aliphatic heterocycles. The Hall–Kier alpha value is -4.87. The van der Waals surface area contributed by atoms with Crippen LogP contribution in [0.5, 0.6) is 5.75 Å². The van der Waals surface area contributed by atoms with Crippen molar-refractivity contribution in [2.45, 2.75) is 19.4 Å². The van der Waals surface area contributed by atoms with E-state index in [-0.39, 0.29) is 5.75 Å². The molecular formula is C34H27N3O2. The summed E-state index contributed by atoms with van der Waals surface area (Å²) in [7, 11) is 0. The molecule has 0 saturated heterocycles. The van der Waals surface area contributed by atoms with Crippen LogP contribution < -0.4 is 0 Å².